The first-order valence-electron chi connectivity index (χ1n) is 6.31. The number of carbonyl (C=O) groups excluding carboxylic acids is 1. The molecule has 1 aromatic rings. The van der Waals surface area contributed by atoms with Crippen molar-refractivity contribution in [2.75, 3.05) is 0 Å². The number of amides is 1. The molecule has 0 bridgehead atoms. The van der Waals surface area contributed by atoms with Crippen LogP contribution >= 0.6 is 0 Å². The summed E-state index contributed by atoms with van der Waals surface area (Å²) in [7, 11) is 0. The van der Waals surface area contributed by atoms with Crippen molar-refractivity contribution in [2.24, 2.45) is 11.7 Å². The standard InChI is InChI=1S/C15H21NO3/c1-4-12(15(2,3)18)10-13(19-14(16)17)11-8-6-5-7-9-11/h5-10,12,18H,4H2,1-3H3,(H2,16,17)/b13-10-/t12-/m1/s1. The molecule has 0 spiro atoms. The van der Waals surface area contributed by atoms with Gasteiger partial charge in [0, 0.05) is 11.5 Å². The minimum atomic E-state index is -0.893. The topological polar surface area (TPSA) is 72.5 Å². The SMILES string of the molecule is CC[C@H](/C=C(\OC(N)=O)c1ccccc1)C(C)(C)O. The lowest BCUT2D eigenvalue weighted by atomic mass is 9.87. The fourth-order valence-electron chi connectivity index (χ4n) is 1.90. The number of benzene rings is 1. The smallest absolute Gasteiger partial charge is 0.409 e. The second kappa shape index (κ2) is 6.38. The highest BCUT2D eigenvalue weighted by Gasteiger charge is 2.24. The van der Waals surface area contributed by atoms with Crippen molar-refractivity contribution >= 4 is 11.9 Å². The largest absolute Gasteiger partial charge is 0.410 e. The quantitative estimate of drug-likeness (QED) is 0.802. The molecule has 1 rings (SSSR count). The number of primary amides is 1. The van der Waals surface area contributed by atoms with E-state index in [2.05, 4.69) is 0 Å². The monoisotopic (exact) mass is 263 g/mol. The molecule has 0 aliphatic carbocycles. The molecular formula is C15H21NO3. The van der Waals surface area contributed by atoms with E-state index in [0.717, 1.165) is 12.0 Å². The van der Waals surface area contributed by atoms with Crippen LogP contribution < -0.4 is 5.73 Å². The summed E-state index contributed by atoms with van der Waals surface area (Å²) in [5, 5.41) is 10.1. The zero-order valence-corrected chi connectivity index (χ0v) is 11.6. The Morgan fingerprint density at radius 2 is 2.00 bits per heavy atom. The van der Waals surface area contributed by atoms with Crippen LogP contribution in [0.2, 0.25) is 0 Å². The first-order chi connectivity index (χ1) is 8.84. The summed E-state index contributed by atoms with van der Waals surface area (Å²) in [4.78, 5) is 11.0. The van der Waals surface area contributed by atoms with E-state index in [1.807, 2.05) is 37.3 Å². The second-order valence-electron chi connectivity index (χ2n) is 4.99. The maximum Gasteiger partial charge on any atom is 0.409 e. The van der Waals surface area contributed by atoms with Gasteiger partial charge < -0.3 is 15.6 Å². The number of aliphatic hydroxyl groups is 1. The van der Waals surface area contributed by atoms with E-state index in [1.54, 1.807) is 19.9 Å². The van der Waals surface area contributed by atoms with Crippen LogP contribution in [0.3, 0.4) is 0 Å². The molecule has 0 heterocycles. The van der Waals surface area contributed by atoms with Crippen molar-refractivity contribution in [1.82, 2.24) is 0 Å². The van der Waals surface area contributed by atoms with Gasteiger partial charge in [0.2, 0.25) is 0 Å². The third kappa shape index (κ3) is 4.75. The van der Waals surface area contributed by atoms with E-state index >= 15 is 0 Å². The van der Waals surface area contributed by atoms with Gasteiger partial charge in [-0.15, -0.1) is 0 Å². The maximum absolute atomic E-state index is 11.0. The molecule has 4 heteroatoms. The van der Waals surface area contributed by atoms with E-state index in [9.17, 15) is 9.90 Å². The summed E-state index contributed by atoms with van der Waals surface area (Å²) >= 11 is 0. The zero-order chi connectivity index (χ0) is 14.5. The molecule has 0 radical (unpaired) electrons. The van der Waals surface area contributed by atoms with Crippen LogP contribution in [-0.4, -0.2) is 16.8 Å². The molecular weight excluding hydrogens is 242 g/mol. The number of hydrogen-bond donors (Lipinski definition) is 2. The predicted molar refractivity (Wildman–Crippen MR) is 75.2 cm³/mol. The molecule has 1 atom stereocenters. The van der Waals surface area contributed by atoms with Gasteiger partial charge in [0.25, 0.3) is 0 Å². The first-order valence-corrected chi connectivity index (χ1v) is 6.31. The molecule has 0 saturated carbocycles. The van der Waals surface area contributed by atoms with Crippen molar-refractivity contribution in [3.05, 3.63) is 42.0 Å². The highest BCUT2D eigenvalue weighted by Crippen LogP contribution is 2.26. The maximum atomic E-state index is 11.0. The lowest BCUT2D eigenvalue weighted by Gasteiger charge is -2.26. The number of nitrogens with two attached hydrogens (primary N) is 1. The molecule has 4 nitrogen and oxygen atoms in total. The second-order valence-corrected chi connectivity index (χ2v) is 4.99. The fraction of sp³-hybridized carbons (Fsp3) is 0.400. The molecule has 0 fully saturated rings. The van der Waals surface area contributed by atoms with Gasteiger partial charge in [0.05, 0.1) is 5.60 Å². The summed E-state index contributed by atoms with van der Waals surface area (Å²) in [6.07, 6.45) is 1.61. The van der Waals surface area contributed by atoms with E-state index in [1.165, 1.54) is 0 Å². The van der Waals surface area contributed by atoms with Gasteiger partial charge in [-0.1, -0.05) is 37.3 Å². The van der Waals surface area contributed by atoms with Crippen LogP contribution in [0.15, 0.2) is 36.4 Å². The molecule has 0 aliphatic rings. The Bertz CT molecular complexity index is 446. The first kappa shape index (κ1) is 15.2. The molecule has 1 aromatic carbocycles. The Morgan fingerprint density at radius 3 is 2.42 bits per heavy atom. The van der Waals surface area contributed by atoms with E-state index in [-0.39, 0.29) is 5.92 Å². The van der Waals surface area contributed by atoms with Crippen LogP contribution in [0, 0.1) is 5.92 Å². The molecule has 19 heavy (non-hydrogen) atoms. The third-order valence-electron chi connectivity index (χ3n) is 2.97. The third-order valence-corrected chi connectivity index (χ3v) is 2.97. The molecule has 0 saturated heterocycles. The summed E-state index contributed by atoms with van der Waals surface area (Å²) in [5.74, 6) is 0.240. The highest BCUT2D eigenvalue weighted by molar-refractivity contribution is 5.75. The van der Waals surface area contributed by atoms with Crippen molar-refractivity contribution < 1.29 is 14.6 Å². The summed E-state index contributed by atoms with van der Waals surface area (Å²) in [6, 6.07) is 9.22. The average Bonchev–Trinajstić information content (AvgIpc) is 2.33. The molecule has 3 N–H and O–H groups in total. The predicted octanol–water partition coefficient (Wildman–Crippen LogP) is 2.92. The minimum absolute atomic E-state index is 0.137. The molecule has 0 unspecified atom stereocenters. The number of ether oxygens (including phenoxy) is 1. The molecule has 104 valence electrons. The van der Waals surface area contributed by atoms with E-state index < -0.39 is 11.7 Å². The lowest BCUT2D eigenvalue weighted by molar-refractivity contribution is 0.0351. The van der Waals surface area contributed by atoms with Crippen molar-refractivity contribution in [3.8, 4) is 0 Å². The van der Waals surface area contributed by atoms with Gasteiger partial charge >= 0.3 is 6.09 Å². The van der Waals surface area contributed by atoms with Crippen LogP contribution in [0.25, 0.3) is 5.76 Å². The van der Waals surface area contributed by atoms with E-state index in [4.69, 9.17) is 10.5 Å². The van der Waals surface area contributed by atoms with Gasteiger partial charge in [0.1, 0.15) is 5.76 Å². The van der Waals surface area contributed by atoms with Crippen LogP contribution in [0.1, 0.15) is 32.8 Å². The molecule has 0 aliphatic heterocycles. The van der Waals surface area contributed by atoms with Crippen LogP contribution in [0.5, 0.6) is 0 Å². The summed E-state index contributed by atoms with van der Waals surface area (Å²) < 4.78 is 5.05. The van der Waals surface area contributed by atoms with Gasteiger partial charge in [-0.3, -0.25) is 0 Å². The summed E-state index contributed by atoms with van der Waals surface area (Å²) in [6.45, 7) is 5.42. The molecule has 1 amide bonds. The Kier molecular flexibility index (Phi) is 5.12. The fourth-order valence-corrected chi connectivity index (χ4v) is 1.90. The summed E-state index contributed by atoms with van der Waals surface area (Å²) in [5.41, 5.74) is 4.95. The normalized spacial score (nSPS) is 14.0. The lowest BCUT2D eigenvalue weighted by Crippen LogP contribution is -2.29. The van der Waals surface area contributed by atoms with Gasteiger partial charge in [-0.2, -0.15) is 0 Å². The zero-order valence-electron chi connectivity index (χ0n) is 11.6. The minimum Gasteiger partial charge on any atom is -0.410 e. The highest BCUT2D eigenvalue weighted by atomic mass is 16.5. The van der Waals surface area contributed by atoms with Crippen molar-refractivity contribution in [1.29, 1.82) is 0 Å². The van der Waals surface area contributed by atoms with Gasteiger partial charge in [-0.25, -0.2) is 4.79 Å². The molecule has 0 aromatic heterocycles. The van der Waals surface area contributed by atoms with Crippen LogP contribution in [0.4, 0.5) is 4.79 Å². The van der Waals surface area contributed by atoms with Crippen molar-refractivity contribution in [2.45, 2.75) is 32.8 Å². The average molecular weight is 263 g/mol. The Morgan fingerprint density at radius 1 is 1.42 bits per heavy atom. The number of carbonyl (C=O) groups is 1. The number of hydrogen-bond acceptors (Lipinski definition) is 3. The Labute approximate surface area is 113 Å². The Hall–Kier alpha value is -1.81. The van der Waals surface area contributed by atoms with Crippen LogP contribution in [-0.2, 0) is 4.74 Å². The number of rotatable bonds is 5. The van der Waals surface area contributed by atoms with Gasteiger partial charge in [0.15, 0.2) is 0 Å². The Balaban J connectivity index is 3.13. The van der Waals surface area contributed by atoms with E-state index in [0.29, 0.717) is 5.76 Å². The van der Waals surface area contributed by atoms with Gasteiger partial charge in [-0.05, 0) is 26.3 Å². The van der Waals surface area contributed by atoms with Crippen molar-refractivity contribution in [3.63, 3.8) is 0 Å².